The molecule has 1 fully saturated rings. The number of hydrogen-bond donors (Lipinski definition) is 1. The summed E-state index contributed by atoms with van der Waals surface area (Å²) in [6.07, 6.45) is 5.46. The van der Waals surface area contributed by atoms with Crippen LogP contribution in [0.15, 0.2) is 30.3 Å². The summed E-state index contributed by atoms with van der Waals surface area (Å²) >= 11 is 0. The second-order valence-corrected chi connectivity index (χ2v) is 6.62. The number of likely N-dealkylation sites (tertiary alicyclic amines) is 1. The minimum atomic E-state index is -0.471. The van der Waals surface area contributed by atoms with Crippen LogP contribution >= 0.6 is 0 Å². The molecule has 2 nitrogen and oxygen atoms in total. The molecule has 0 aliphatic carbocycles. The second-order valence-electron chi connectivity index (χ2n) is 6.62. The Hall–Kier alpha value is -0.860. The zero-order valence-corrected chi connectivity index (χ0v) is 13.0. The highest BCUT2D eigenvalue weighted by Gasteiger charge is 2.34. The van der Waals surface area contributed by atoms with Crippen molar-refractivity contribution in [2.24, 2.45) is 5.92 Å². The molecule has 2 atom stereocenters. The van der Waals surface area contributed by atoms with Crippen molar-refractivity contribution in [3.63, 3.8) is 0 Å². The number of nitrogens with zero attached hydrogens (tertiary/aromatic N) is 1. The summed E-state index contributed by atoms with van der Waals surface area (Å²) in [5.74, 6) is 0.627. The summed E-state index contributed by atoms with van der Waals surface area (Å²) in [5.41, 5.74) is 0.875. The molecule has 0 aromatic heterocycles. The molecule has 0 bridgehead atoms. The van der Waals surface area contributed by atoms with Crippen LogP contribution in [0.3, 0.4) is 0 Å². The predicted molar refractivity (Wildman–Crippen MR) is 84.6 cm³/mol. The fourth-order valence-corrected chi connectivity index (χ4v) is 3.59. The molecule has 1 heterocycles. The molecule has 2 rings (SSSR count). The lowest BCUT2D eigenvalue weighted by Crippen LogP contribution is -2.48. The molecule has 2 unspecified atom stereocenters. The maximum absolute atomic E-state index is 10.9. The molecular weight excluding hydrogens is 246 g/mol. The third-order valence-corrected chi connectivity index (χ3v) is 4.39. The lowest BCUT2D eigenvalue weighted by Gasteiger charge is -2.40. The van der Waals surface area contributed by atoms with Gasteiger partial charge in [0.1, 0.15) is 0 Å². The van der Waals surface area contributed by atoms with Crippen LogP contribution in [0, 0.1) is 5.92 Å². The van der Waals surface area contributed by atoms with Gasteiger partial charge in [-0.25, -0.2) is 0 Å². The molecule has 2 heteroatoms. The predicted octanol–water partition coefficient (Wildman–Crippen LogP) is 3.84. The van der Waals surface area contributed by atoms with Crippen LogP contribution in [0.5, 0.6) is 0 Å². The van der Waals surface area contributed by atoms with Crippen LogP contribution in [0.2, 0.25) is 0 Å². The standard InChI is InChI=1S/C18H29NO/c1-3-8-16(2)13-18(20)11-7-12-19(15-18)14-17-9-5-4-6-10-17/h4-6,9-10,16,20H,3,7-8,11-15H2,1-2H3. The molecule has 0 amide bonds. The molecular formula is C18H29NO. The fraction of sp³-hybridized carbons (Fsp3) is 0.667. The van der Waals surface area contributed by atoms with E-state index in [9.17, 15) is 5.11 Å². The minimum absolute atomic E-state index is 0.471. The Balaban J connectivity index is 1.90. The highest BCUT2D eigenvalue weighted by atomic mass is 16.3. The minimum Gasteiger partial charge on any atom is -0.389 e. The monoisotopic (exact) mass is 275 g/mol. The van der Waals surface area contributed by atoms with Gasteiger partial charge in [-0.2, -0.15) is 0 Å². The number of hydrogen-bond acceptors (Lipinski definition) is 2. The van der Waals surface area contributed by atoms with Crippen molar-refractivity contribution in [2.45, 2.75) is 58.1 Å². The Morgan fingerprint density at radius 2 is 2.05 bits per heavy atom. The summed E-state index contributed by atoms with van der Waals surface area (Å²) < 4.78 is 0. The van der Waals surface area contributed by atoms with Gasteiger partial charge in [-0.05, 0) is 37.3 Å². The first-order valence-corrected chi connectivity index (χ1v) is 8.10. The first-order valence-electron chi connectivity index (χ1n) is 8.10. The van der Waals surface area contributed by atoms with Gasteiger partial charge >= 0.3 is 0 Å². The van der Waals surface area contributed by atoms with Crippen molar-refractivity contribution in [3.05, 3.63) is 35.9 Å². The largest absolute Gasteiger partial charge is 0.389 e. The van der Waals surface area contributed by atoms with E-state index in [0.29, 0.717) is 5.92 Å². The molecule has 1 aromatic carbocycles. The van der Waals surface area contributed by atoms with Gasteiger partial charge in [0.25, 0.3) is 0 Å². The highest BCUT2D eigenvalue weighted by Crippen LogP contribution is 2.30. The van der Waals surface area contributed by atoms with Crippen molar-refractivity contribution >= 4 is 0 Å². The number of aliphatic hydroxyl groups is 1. The molecule has 1 saturated heterocycles. The number of benzene rings is 1. The lowest BCUT2D eigenvalue weighted by molar-refractivity contribution is -0.0491. The summed E-state index contributed by atoms with van der Waals surface area (Å²) in [5, 5.41) is 10.9. The third-order valence-electron chi connectivity index (χ3n) is 4.39. The molecule has 112 valence electrons. The average Bonchev–Trinajstić information content (AvgIpc) is 2.39. The zero-order chi connectivity index (χ0) is 14.4. The van der Waals surface area contributed by atoms with Gasteiger partial charge in [0, 0.05) is 13.1 Å². The van der Waals surface area contributed by atoms with Gasteiger partial charge in [-0.15, -0.1) is 0 Å². The van der Waals surface area contributed by atoms with E-state index in [-0.39, 0.29) is 0 Å². The normalized spacial score (nSPS) is 25.6. The van der Waals surface area contributed by atoms with Gasteiger partial charge in [0.15, 0.2) is 0 Å². The first-order chi connectivity index (χ1) is 9.61. The maximum atomic E-state index is 10.9. The van der Waals surface area contributed by atoms with Gasteiger partial charge < -0.3 is 5.11 Å². The Morgan fingerprint density at radius 1 is 1.30 bits per heavy atom. The third kappa shape index (κ3) is 4.60. The van der Waals surface area contributed by atoms with E-state index in [1.165, 1.54) is 18.4 Å². The fourth-order valence-electron chi connectivity index (χ4n) is 3.59. The Kier molecular flexibility index (Phi) is 5.62. The molecule has 0 spiro atoms. The zero-order valence-electron chi connectivity index (χ0n) is 13.0. The van der Waals surface area contributed by atoms with Crippen molar-refractivity contribution in [1.29, 1.82) is 0 Å². The second kappa shape index (κ2) is 7.24. The van der Waals surface area contributed by atoms with E-state index in [2.05, 4.69) is 49.1 Å². The molecule has 1 aromatic rings. The molecule has 0 radical (unpaired) electrons. The number of rotatable bonds is 6. The van der Waals surface area contributed by atoms with Gasteiger partial charge in [-0.3, -0.25) is 4.90 Å². The Bertz CT molecular complexity index is 392. The van der Waals surface area contributed by atoms with Crippen molar-refractivity contribution in [2.75, 3.05) is 13.1 Å². The van der Waals surface area contributed by atoms with E-state index >= 15 is 0 Å². The summed E-state index contributed by atoms with van der Waals surface area (Å²) in [4.78, 5) is 2.41. The molecule has 1 aliphatic heterocycles. The van der Waals surface area contributed by atoms with Crippen molar-refractivity contribution in [1.82, 2.24) is 4.90 Å². The van der Waals surface area contributed by atoms with Crippen LogP contribution in [-0.2, 0) is 6.54 Å². The van der Waals surface area contributed by atoms with E-state index in [0.717, 1.165) is 38.9 Å². The quantitative estimate of drug-likeness (QED) is 0.852. The average molecular weight is 275 g/mol. The first kappa shape index (κ1) is 15.5. The highest BCUT2D eigenvalue weighted by molar-refractivity contribution is 5.14. The summed E-state index contributed by atoms with van der Waals surface area (Å²) in [7, 11) is 0. The molecule has 1 aliphatic rings. The SMILES string of the molecule is CCCC(C)CC1(O)CCCN(Cc2ccccc2)C1. The van der Waals surface area contributed by atoms with E-state index in [4.69, 9.17) is 0 Å². The van der Waals surface area contributed by atoms with Crippen LogP contribution in [0.1, 0.15) is 51.5 Å². The summed E-state index contributed by atoms with van der Waals surface area (Å²) in [6, 6.07) is 10.6. The Morgan fingerprint density at radius 3 is 2.75 bits per heavy atom. The van der Waals surface area contributed by atoms with Crippen LogP contribution in [0.25, 0.3) is 0 Å². The van der Waals surface area contributed by atoms with E-state index in [1.54, 1.807) is 0 Å². The smallest absolute Gasteiger partial charge is 0.0777 e. The van der Waals surface area contributed by atoms with Crippen LogP contribution in [0.4, 0.5) is 0 Å². The lowest BCUT2D eigenvalue weighted by atomic mass is 9.83. The van der Waals surface area contributed by atoms with Gasteiger partial charge in [-0.1, -0.05) is 57.0 Å². The molecule has 20 heavy (non-hydrogen) atoms. The summed E-state index contributed by atoms with van der Waals surface area (Å²) in [6.45, 7) is 7.40. The maximum Gasteiger partial charge on any atom is 0.0777 e. The van der Waals surface area contributed by atoms with Crippen molar-refractivity contribution < 1.29 is 5.11 Å². The van der Waals surface area contributed by atoms with Crippen LogP contribution in [-0.4, -0.2) is 28.7 Å². The number of piperidine rings is 1. The molecule has 1 N–H and O–H groups in total. The van der Waals surface area contributed by atoms with Crippen molar-refractivity contribution in [3.8, 4) is 0 Å². The van der Waals surface area contributed by atoms with Gasteiger partial charge in [0.2, 0.25) is 0 Å². The van der Waals surface area contributed by atoms with Crippen LogP contribution < -0.4 is 0 Å². The molecule has 0 saturated carbocycles. The topological polar surface area (TPSA) is 23.5 Å². The number of β-amino-alcohol motifs (C(OH)–C–C–N with tert-alkyl or cyclic N) is 1. The van der Waals surface area contributed by atoms with E-state index in [1.807, 2.05) is 0 Å². The van der Waals surface area contributed by atoms with Gasteiger partial charge in [0.05, 0.1) is 5.60 Å². The van der Waals surface area contributed by atoms with E-state index < -0.39 is 5.60 Å². The Labute approximate surface area is 123 Å².